The van der Waals surface area contributed by atoms with Gasteiger partial charge in [-0.3, -0.25) is 9.59 Å². The standard InChI is InChI=1S/C26H24FN3O3/c27-22-8-4-5-9-23(22)28-14-16-29(17-15-28)24-18-25(31)30(26(24)32)19-10-12-21(13-11-19)33-20-6-2-1-3-7-20/h1-13,24H,14-18H2/p+1/t24-/m0/s1. The summed E-state index contributed by atoms with van der Waals surface area (Å²) in [7, 11) is 0. The molecule has 2 aliphatic rings. The summed E-state index contributed by atoms with van der Waals surface area (Å²) < 4.78 is 19.9. The monoisotopic (exact) mass is 446 g/mol. The quantitative estimate of drug-likeness (QED) is 0.613. The highest BCUT2D eigenvalue weighted by Gasteiger charge is 2.46. The molecule has 2 heterocycles. The predicted octanol–water partition coefficient (Wildman–Crippen LogP) is 2.66. The van der Waals surface area contributed by atoms with Crippen LogP contribution in [0.1, 0.15) is 6.42 Å². The zero-order chi connectivity index (χ0) is 22.8. The third kappa shape index (κ3) is 4.32. The first-order valence-corrected chi connectivity index (χ1v) is 11.1. The Morgan fingerprint density at radius 1 is 0.818 bits per heavy atom. The highest BCUT2D eigenvalue weighted by atomic mass is 19.1. The molecule has 2 saturated heterocycles. The highest BCUT2D eigenvalue weighted by Crippen LogP contribution is 2.27. The lowest BCUT2D eigenvalue weighted by atomic mass is 10.1. The van der Waals surface area contributed by atoms with E-state index in [1.807, 2.05) is 41.3 Å². The van der Waals surface area contributed by atoms with Gasteiger partial charge in [0.05, 0.1) is 44.0 Å². The van der Waals surface area contributed by atoms with E-state index >= 15 is 0 Å². The number of halogens is 1. The van der Waals surface area contributed by atoms with Gasteiger partial charge >= 0.3 is 0 Å². The van der Waals surface area contributed by atoms with Gasteiger partial charge in [-0.25, -0.2) is 9.29 Å². The van der Waals surface area contributed by atoms with Gasteiger partial charge < -0.3 is 14.5 Å². The number of para-hydroxylation sites is 2. The average Bonchev–Trinajstić information content (AvgIpc) is 3.14. The summed E-state index contributed by atoms with van der Waals surface area (Å²) in [5, 5.41) is 0. The number of benzene rings is 3. The molecule has 1 atom stereocenters. The van der Waals surface area contributed by atoms with Crippen LogP contribution in [0.4, 0.5) is 15.8 Å². The summed E-state index contributed by atoms with van der Waals surface area (Å²) >= 11 is 0. The Balaban J connectivity index is 1.24. The topological polar surface area (TPSA) is 54.3 Å². The molecule has 0 unspecified atom stereocenters. The Hall–Kier alpha value is -3.71. The molecule has 2 amide bonds. The van der Waals surface area contributed by atoms with Gasteiger partial charge in [0, 0.05) is 0 Å². The molecule has 0 spiro atoms. The van der Waals surface area contributed by atoms with Crippen LogP contribution < -0.4 is 19.4 Å². The highest BCUT2D eigenvalue weighted by molar-refractivity contribution is 6.21. The van der Waals surface area contributed by atoms with Crippen molar-refractivity contribution in [1.82, 2.24) is 0 Å². The molecule has 0 bridgehead atoms. The number of piperazine rings is 1. The molecule has 0 saturated carbocycles. The summed E-state index contributed by atoms with van der Waals surface area (Å²) in [6.07, 6.45) is 0.191. The van der Waals surface area contributed by atoms with E-state index in [2.05, 4.69) is 0 Å². The maximum Gasteiger partial charge on any atom is 0.292 e. The summed E-state index contributed by atoms with van der Waals surface area (Å²) in [4.78, 5) is 30.3. The fraction of sp³-hybridized carbons (Fsp3) is 0.231. The van der Waals surface area contributed by atoms with Gasteiger partial charge in [0.1, 0.15) is 17.3 Å². The van der Waals surface area contributed by atoms with Crippen molar-refractivity contribution in [3.05, 3.63) is 84.7 Å². The Morgan fingerprint density at radius 2 is 1.45 bits per heavy atom. The van der Waals surface area contributed by atoms with E-state index in [0.29, 0.717) is 43.3 Å². The first kappa shape index (κ1) is 21.2. The van der Waals surface area contributed by atoms with Gasteiger partial charge in [-0.2, -0.15) is 0 Å². The third-order valence-electron chi connectivity index (χ3n) is 6.31. The number of amides is 2. The summed E-state index contributed by atoms with van der Waals surface area (Å²) in [6.45, 7) is 2.63. The van der Waals surface area contributed by atoms with Crippen LogP contribution in [0.3, 0.4) is 0 Å². The molecule has 1 N–H and O–H groups in total. The van der Waals surface area contributed by atoms with Crippen LogP contribution in [-0.2, 0) is 9.59 Å². The van der Waals surface area contributed by atoms with Crippen LogP contribution in [0.5, 0.6) is 11.5 Å². The largest absolute Gasteiger partial charge is 0.457 e. The van der Waals surface area contributed by atoms with E-state index in [1.54, 1.807) is 36.4 Å². The van der Waals surface area contributed by atoms with Crippen molar-refractivity contribution in [2.75, 3.05) is 36.0 Å². The van der Waals surface area contributed by atoms with Crippen molar-refractivity contribution in [1.29, 1.82) is 0 Å². The molecule has 3 aromatic carbocycles. The van der Waals surface area contributed by atoms with Gasteiger partial charge in [-0.05, 0) is 48.5 Å². The minimum atomic E-state index is -0.402. The molecular formula is C26H25FN3O3+. The molecular weight excluding hydrogens is 421 g/mol. The fourth-order valence-electron chi connectivity index (χ4n) is 4.60. The second kappa shape index (κ2) is 9.03. The van der Waals surface area contributed by atoms with Crippen molar-refractivity contribution < 1.29 is 23.6 Å². The van der Waals surface area contributed by atoms with E-state index in [9.17, 15) is 14.0 Å². The number of anilines is 2. The van der Waals surface area contributed by atoms with E-state index in [0.717, 1.165) is 10.6 Å². The number of carbonyl (C=O) groups is 2. The van der Waals surface area contributed by atoms with Gasteiger partial charge in [0.2, 0.25) is 5.91 Å². The van der Waals surface area contributed by atoms with Crippen molar-refractivity contribution >= 4 is 23.2 Å². The van der Waals surface area contributed by atoms with E-state index < -0.39 is 6.04 Å². The lowest BCUT2D eigenvalue weighted by molar-refractivity contribution is -0.915. The Bertz CT molecular complexity index is 1140. The number of imide groups is 1. The van der Waals surface area contributed by atoms with E-state index in [4.69, 9.17) is 4.74 Å². The summed E-state index contributed by atoms with van der Waals surface area (Å²) in [6, 6.07) is 22.8. The normalized spacial score (nSPS) is 19.2. The molecule has 0 aromatic heterocycles. The molecule has 6 nitrogen and oxygen atoms in total. The Kier molecular flexibility index (Phi) is 5.79. The molecule has 3 aromatic rings. The predicted molar refractivity (Wildman–Crippen MR) is 123 cm³/mol. The molecule has 0 radical (unpaired) electrons. The smallest absolute Gasteiger partial charge is 0.292 e. The lowest BCUT2D eigenvalue weighted by Crippen LogP contribution is -3.19. The lowest BCUT2D eigenvalue weighted by Gasteiger charge is -2.35. The molecule has 168 valence electrons. The minimum Gasteiger partial charge on any atom is -0.457 e. The van der Waals surface area contributed by atoms with Crippen LogP contribution >= 0.6 is 0 Å². The zero-order valence-corrected chi connectivity index (χ0v) is 18.1. The van der Waals surface area contributed by atoms with Crippen molar-refractivity contribution in [3.8, 4) is 11.5 Å². The molecule has 2 fully saturated rings. The molecule has 2 aliphatic heterocycles. The van der Waals surface area contributed by atoms with Gasteiger partial charge in [-0.1, -0.05) is 30.3 Å². The van der Waals surface area contributed by atoms with Crippen molar-refractivity contribution in [3.63, 3.8) is 0 Å². The fourth-order valence-corrected chi connectivity index (χ4v) is 4.60. The van der Waals surface area contributed by atoms with Crippen LogP contribution in [0.25, 0.3) is 0 Å². The van der Waals surface area contributed by atoms with Crippen LogP contribution in [0, 0.1) is 5.82 Å². The number of quaternary nitrogens is 1. The number of carbonyl (C=O) groups excluding carboxylic acids is 2. The van der Waals surface area contributed by atoms with E-state index in [-0.39, 0.29) is 24.1 Å². The number of nitrogens with zero attached hydrogens (tertiary/aromatic N) is 2. The van der Waals surface area contributed by atoms with Gasteiger partial charge in [0.25, 0.3) is 5.91 Å². The average molecular weight is 447 g/mol. The maximum absolute atomic E-state index is 14.1. The van der Waals surface area contributed by atoms with Crippen molar-refractivity contribution in [2.24, 2.45) is 0 Å². The number of hydrogen-bond acceptors (Lipinski definition) is 4. The molecule has 33 heavy (non-hydrogen) atoms. The Labute approximate surface area is 191 Å². The SMILES string of the molecule is O=C1C[C@H]([NH+]2CCN(c3ccccc3F)CC2)C(=O)N1c1ccc(Oc2ccccc2)cc1. The summed E-state index contributed by atoms with van der Waals surface area (Å²) in [5.41, 5.74) is 1.14. The zero-order valence-electron chi connectivity index (χ0n) is 18.1. The van der Waals surface area contributed by atoms with Crippen LogP contribution in [-0.4, -0.2) is 44.0 Å². The third-order valence-corrected chi connectivity index (χ3v) is 6.31. The second-order valence-corrected chi connectivity index (χ2v) is 8.33. The number of nitrogens with one attached hydrogen (secondary N) is 1. The molecule has 0 aliphatic carbocycles. The van der Waals surface area contributed by atoms with Gasteiger partial charge in [-0.15, -0.1) is 0 Å². The number of ether oxygens (including phenoxy) is 1. The maximum atomic E-state index is 14.1. The van der Waals surface area contributed by atoms with Crippen LogP contribution in [0.2, 0.25) is 0 Å². The Morgan fingerprint density at radius 3 is 2.15 bits per heavy atom. The van der Waals surface area contributed by atoms with Crippen LogP contribution in [0.15, 0.2) is 78.9 Å². The number of rotatable bonds is 5. The molecule has 7 heteroatoms. The second-order valence-electron chi connectivity index (χ2n) is 8.33. The minimum absolute atomic E-state index is 0.175. The molecule has 5 rings (SSSR count). The summed E-state index contributed by atoms with van der Waals surface area (Å²) in [5.74, 6) is 0.753. The number of hydrogen-bond donors (Lipinski definition) is 1. The van der Waals surface area contributed by atoms with Gasteiger partial charge in [0.15, 0.2) is 6.04 Å². The van der Waals surface area contributed by atoms with Crippen molar-refractivity contribution in [2.45, 2.75) is 12.5 Å². The first-order chi connectivity index (χ1) is 16.1. The van der Waals surface area contributed by atoms with E-state index in [1.165, 1.54) is 11.0 Å². The first-order valence-electron chi connectivity index (χ1n) is 11.1.